The fourth-order valence-electron chi connectivity index (χ4n) is 3.12. The van der Waals surface area contributed by atoms with Crippen molar-refractivity contribution >= 4 is 22.1 Å². The molecule has 0 radical (unpaired) electrons. The number of aromatic nitrogens is 2. The number of benzene rings is 1. The van der Waals surface area contributed by atoms with Crippen molar-refractivity contribution in [3.8, 4) is 11.3 Å². The maximum Gasteiger partial charge on any atom is 0.216 e. The minimum absolute atomic E-state index is 0.204. The van der Waals surface area contributed by atoms with Gasteiger partial charge in [0.25, 0.3) is 0 Å². The van der Waals surface area contributed by atoms with Gasteiger partial charge in [0.2, 0.25) is 5.69 Å². The van der Waals surface area contributed by atoms with Crippen LogP contribution in [0.3, 0.4) is 0 Å². The van der Waals surface area contributed by atoms with Crippen LogP contribution in [0.25, 0.3) is 33.3 Å². The normalized spacial score (nSPS) is 17.1. The van der Waals surface area contributed by atoms with Crippen molar-refractivity contribution in [2.75, 3.05) is 0 Å². The second kappa shape index (κ2) is 5.45. The summed E-state index contributed by atoms with van der Waals surface area (Å²) in [7, 11) is 1.98. The number of furan rings is 1. The Morgan fingerprint density at radius 2 is 2.08 bits per heavy atom. The molecular formula is C21H21N2O+. The number of fused-ring (bicyclic) bond motifs is 3. The summed E-state index contributed by atoms with van der Waals surface area (Å²) in [5, 5.41) is 0.808. The lowest BCUT2D eigenvalue weighted by atomic mass is 10.0. The molecule has 0 aliphatic rings. The van der Waals surface area contributed by atoms with Gasteiger partial charge in [-0.3, -0.25) is 0 Å². The van der Waals surface area contributed by atoms with Crippen molar-refractivity contribution in [3.05, 3.63) is 59.9 Å². The molecule has 1 atom stereocenters. The average molecular weight is 321 g/mol. The SMILES string of the molecule is [2H]C([2H])([2H])C([2H])(C)c1ccc2oc3c(-c4cccc[n+]4C)c(C)ccc3c2n1. The maximum absolute atomic E-state index is 8.34. The highest BCUT2D eigenvalue weighted by atomic mass is 16.3. The average Bonchev–Trinajstić information content (AvgIpc) is 2.99. The molecule has 3 heteroatoms. The molecule has 0 spiro atoms. The molecule has 3 aromatic heterocycles. The van der Waals surface area contributed by atoms with E-state index < -0.39 is 12.7 Å². The van der Waals surface area contributed by atoms with Crippen LogP contribution in [0.4, 0.5) is 0 Å². The molecule has 0 fully saturated rings. The molecule has 4 rings (SSSR count). The summed E-state index contributed by atoms with van der Waals surface area (Å²) in [5.74, 6) is -1.80. The Labute approximate surface area is 147 Å². The quantitative estimate of drug-likeness (QED) is 0.491. The third kappa shape index (κ3) is 2.20. The summed E-state index contributed by atoms with van der Waals surface area (Å²) < 4.78 is 39.6. The first-order chi connectivity index (χ1) is 13.1. The summed E-state index contributed by atoms with van der Waals surface area (Å²) in [6.07, 6.45) is 1.98. The molecule has 1 unspecified atom stereocenters. The molecule has 0 aliphatic carbocycles. The zero-order valence-corrected chi connectivity index (χ0v) is 13.9. The van der Waals surface area contributed by atoms with Gasteiger partial charge < -0.3 is 4.42 Å². The summed E-state index contributed by atoms with van der Waals surface area (Å²) >= 11 is 0. The Morgan fingerprint density at radius 3 is 2.88 bits per heavy atom. The van der Waals surface area contributed by atoms with E-state index in [1.54, 1.807) is 12.1 Å². The molecule has 3 heterocycles. The van der Waals surface area contributed by atoms with E-state index in [0.717, 1.165) is 22.2 Å². The van der Waals surface area contributed by atoms with Crippen molar-refractivity contribution in [1.82, 2.24) is 4.98 Å². The highest BCUT2D eigenvalue weighted by Gasteiger charge is 2.20. The maximum atomic E-state index is 8.34. The van der Waals surface area contributed by atoms with Gasteiger partial charge in [-0.05, 0) is 42.6 Å². The second-order valence-corrected chi connectivity index (χ2v) is 6.10. The van der Waals surface area contributed by atoms with E-state index in [-0.39, 0.29) is 5.69 Å². The van der Waals surface area contributed by atoms with E-state index in [0.29, 0.717) is 16.7 Å². The highest BCUT2D eigenvalue weighted by Crippen LogP contribution is 2.36. The smallest absolute Gasteiger partial charge is 0.216 e. The van der Waals surface area contributed by atoms with Crippen molar-refractivity contribution < 1.29 is 14.5 Å². The van der Waals surface area contributed by atoms with Gasteiger partial charge in [0.1, 0.15) is 12.6 Å². The van der Waals surface area contributed by atoms with Crippen LogP contribution in [0, 0.1) is 6.92 Å². The fourth-order valence-corrected chi connectivity index (χ4v) is 3.12. The molecular weight excluding hydrogens is 296 g/mol. The molecule has 0 bridgehead atoms. The predicted molar refractivity (Wildman–Crippen MR) is 97.0 cm³/mol. The van der Waals surface area contributed by atoms with E-state index in [9.17, 15) is 0 Å². The molecule has 1 aromatic carbocycles. The van der Waals surface area contributed by atoms with Crippen LogP contribution < -0.4 is 4.57 Å². The lowest BCUT2D eigenvalue weighted by molar-refractivity contribution is -0.660. The summed E-state index contributed by atoms with van der Waals surface area (Å²) in [6.45, 7) is 0.923. The van der Waals surface area contributed by atoms with Gasteiger partial charge in [0.05, 0.1) is 5.56 Å². The van der Waals surface area contributed by atoms with Crippen LogP contribution in [0.5, 0.6) is 0 Å². The standard InChI is InChI=1S/C21H21N2O/c1-13(2)16-10-11-18-20(22-16)15-9-8-14(3)19(21(15)24-18)17-7-5-6-12-23(17)4/h5-13H,1-4H3/q+1/i1D3,13D. The summed E-state index contributed by atoms with van der Waals surface area (Å²) in [5.41, 5.74) is 5.13. The summed E-state index contributed by atoms with van der Waals surface area (Å²) in [6, 6.07) is 13.2. The fraction of sp³-hybridized carbons (Fsp3) is 0.238. The van der Waals surface area contributed by atoms with Crippen LogP contribution in [0.15, 0.2) is 53.1 Å². The molecule has 4 aromatic rings. The Hall–Kier alpha value is -2.68. The number of aryl methyl sites for hydroxylation is 2. The molecule has 0 aliphatic heterocycles. The van der Waals surface area contributed by atoms with Crippen LogP contribution in [0.2, 0.25) is 0 Å². The van der Waals surface area contributed by atoms with Gasteiger partial charge >= 0.3 is 0 Å². The first-order valence-corrected chi connectivity index (χ1v) is 7.89. The predicted octanol–water partition coefficient (Wildman–Crippen LogP) is 4.90. The van der Waals surface area contributed by atoms with E-state index in [1.807, 2.05) is 55.1 Å². The number of pyridine rings is 2. The molecule has 0 N–H and O–H groups in total. The first kappa shape index (κ1) is 11.0. The molecule has 0 amide bonds. The number of rotatable bonds is 2. The summed E-state index contributed by atoms with van der Waals surface area (Å²) in [4.78, 5) is 4.54. The Kier molecular flexibility index (Phi) is 2.49. The Bertz CT molecular complexity index is 1210. The van der Waals surface area contributed by atoms with Crippen molar-refractivity contribution in [1.29, 1.82) is 0 Å². The van der Waals surface area contributed by atoms with Crippen molar-refractivity contribution in [3.63, 3.8) is 0 Å². The van der Waals surface area contributed by atoms with Gasteiger partial charge in [0, 0.05) is 28.7 Å². The third-order valence-corrected chi connectivity index (χ3v) is 4.39. The molecule has 0 saturated carbocycles. The largest absolute Gasteiger partial charge is 0.453 e. The lowest BCUT2D eigenvalue weighted by Gasteiger charge is -2.05. The van der Waals surface area contributed by atoms with Crippen molar-refractivity contribution in [2.24, 2.45) is 7.05 Å². The topological polar surface area (TPSA) is 29.9 Å². The van der Waals surface area contributed by atoms with E-state index in [4.69, 9.17) is 9.90 Å². The minimum atomic E-state index is -2.48. The molecule has 0 saturated heterocycles. The Balaban J connectivity index is 2.02. The number of hydrogen-bond acceptors (Lipinski definition) is 2. The van der Waals surface area contributed by atoms with Gasteiger partial charge in [0.15, 0.2) is 17.4 Å². The third-order valence-electron chi connectivity index (χ3n) is 4.39. The van der Waals surface area contributed by atoms with Gasteiger partial charge in [-0.25, -0.2) is 9.55 Å². The lowest BCUT2D eigenvalue weighted by Crippen LogP contribution is -2.30. The zero-order chi connectivity index (χ0) is 20.3. The molecule has 120 valence electrons. The Morgan fingerprint density at radius 1 is 1.21 bits per heavy atom. The molecule has 3 nitrogen and oxygen atoms in total. The van der Waals surface area contributed by atoms with Crippen molar-refractivity contribution in [2.45, 2.75) is 26.6 Å². The highest BCUT2D eigenvalue weighted by molar-refractivity contribution is 6.07. The molecule has 24 heavy (non-hydrogen) atoms. The van der Waals surface area contributed by atoms with E-state index in [2.05, 4.69) is 4.98 Å². The van der Waals surface area contributed by atoms with Crippen LogP contribution >= 0.6 is 0 Å². The van der Waals surface area contributed by atoms with Gasteiger partial charge in [-0.1, -0.05) is 19.8 Å². The second-order valence-electron chi connectivity index (χ2n) is 6.10. The first-order valence-electron chi connectivity index (χ1n) is 9.89. The van der Waals surface area contributed by atoms with Crippen LogP contribution in [-0.4, -0.2) is 4.98 Å². The van der Waals surface area contributed by atoms with E-state index >= 15 is 0 Å². The number of nitrogens with zero attached hydrogens (tertiary/aromatic N) is 2. The van der Waals surface area contributed by atoms with Gasteiger partial charge in [-0.15, -0.1) is 0 Å². The zero-order valence-electron chi connectivity index (χ0n) is 17.9. The minimum Gasteiger partial charge on any atom is -0.453 e. The number of hydrogen-bond donors (Lipinski definition) is 0. The van der Waals surface area contributed by atoms with Gasteiger partial charge in [-0.2, -0.15) is 0 Å². The van der Waals surface area contributed by atoms with E-state index in [1.165, 1.54) is 6.92 Å². The monoisotopic (exact) mass is 321 g/mol. The van der Waals surface area contributed by atoms with Crippen LogP contribution in [0.1, 0.15) is 36.4 Å². The van der Waals surface area contributed by atoms with Crippen LogP contribution in [-0.2, 0) is 7.05 Å².